The predicted molar refractivity (Wildman–Crippen MR) is 88.6 cm³/mol. The van der Waals surface area contributed by atoms with Gasteiger partial charge in [-0.3, -0.25) is 4.79 Å². The molecule has 1 aromatic carbocycles. The fourth-order valence-corrected chi connectivity index (χ4v) is 2.98. The topological polar surface area (TPSA) is 76.2 Å². The molecule has 1 fully saturated rings. The van der Waals surface area contributed by atoms with E-state index < -0.39 is 9.84 Å². The Morgan fingerprint density at radius 3 is 2.61 bits per heavy atom. The molecule has 2 aromatic rings. The number of nitrogens with one attached hydrogen (secondary N) is 1. The van der Waals surface area contributed by atoms with Gasteiger partial charge in [0.25, 0.3) is 5.56 Å². The van der Waals surface area contributed by atoms with E-state index in [-0.39, 0.29) is 10.5 Å². The van der Waals surface area contributed by atoms with Gasteiger partial charge in [0.15, 0.2) is 9.84 Å². The van der Waals surface area contributed by atoms with Gasteiger partial charge in [0.1, 0.15) is 5.75 Å². The summed E-state index contributed by atoms with van der Waals surface area (Å²) in [6.45, 7) is 2.35. The molecule has 1 saturated carbocycles. The lowest BCUT2D eigenvalue weighted by Gasteiger charge is -2.13. The van der Waals surface area contributed by atoms with E-state index in [1.54, 1.807) is 37.4 Å². The largest absolute Gasteiger partial charge is 0.493 e. The summed E-state index contributed by atoms with van der Waals surface area (Å²) < 4.78 is 29.5. The summed E-state index contributed by atoms with van der Waals surface area (Å²) in [5.74, 6) is 1.23. The number of sulfone groups is 1. The highest BCUT2D eigenvalue weighted by molar-refractivity contribution is 7.90. The third-order valence-corrected chi connectivity index (χ3v) is 5.06. The Hall–Kier alpha value is -2.08. The number of aryl methyl sites for hydroxylation is 1. The average Bonchev–Trinajstić information content (AvgIpc) is 3.31. The van der Waals surface area contributed by atoms with Gasteiger partial charge in [-0.25, -0.2) is 8.42 Å². The molecule has 0 radical (unpaired) electrons. The summed E-state index contributed by atoms with van der Waals surface area (Å²) in [4.78, 5) is 14.5. The highest BCUT2D eigenvalue weighted by Crippen LogP contribution is 2.35. The third kappa shape index (κ3) is 3.64. The zero-order valence-electron chi connectivity index (χ0n) is 13.1. The monoisotopic (exact) mass is 333 g/mol. The van der Waals surface area contributed by atoms with E-state index in [2.05, 4.69) is 4.98 Å². The van der Waals surface area contributed by atoms with Crippen molar-refractivity contribution in [3.63, 3.8) is 0 Å². The Kier molecular flexibility index (Phi) is 4.02. The predicted octanol–water partition coefficient (Wildman–Crippen LogP) is 2.54. The van der Waals surface area contributed by atoms with Crippen LogP contribution in [0.15, 0.2) is 40.2 Å². The van der Waals surface area contributed by atoms with Crippen LogP contribution in [0.5, 0.6) is 5.75 Å². The average molecular weight is 333 g/mol. The normalized spacial score (nSPS) is 14.7. The van der Waals surface area contributed by atoms with Crippen molar-refractivity contribution < 1.29 is 13.2 Å². The number of hydrogen-bond acceptors (Lipinski definition) is 4. The lowest BCUT2D eigenvalue weighted by atomic mass is 10.1. The maximum absolute atomic E-state index is 11.8. The molecule has 3 rings (SSSR count). The first-order valence-electron chi connectivity index (χ1n) is 7.51. The molecule has 6 heteroatoms. The van der Waals surface area contributed by atoms with Gasteiger partial charge in [0, 0.05) is 29.1 Å². The van der Waals surface area contributed by atoms with Crippen LogP contribution in [0, 0.1) is 12.8 Å². The van der Waals surface area contributed by atoms with Crippen molar-refractivity contribution >= 4 is 9.84 Å². The summed E-state index contributed by atoms with van der Waals surface area (Å²) in [5.41, 5.74) is 1.82. The molecule has 23 heavy (non-hydrogen) atoms. The zero-order valence-corrected chi connectivity index (χ0v) is 13.9. The van der Waals surface area contributed by atoms with Crippen molar-refractivity contribution in [3.8, 4) is 16.9 Å². The number of hydrogen-bond donors (Lipinski definition) is 1. The lowest BCUT2D eigenvalue weighted by Crippen LogP contribution is -2.08. The highest BCUT2D eigenvalue weighted by Gasteiger charge is 2.23. The SMILES string of the molecule is Cc1cc(-c2cc(S(C)(=O)=O)ccc2OCC2CC2)c[nH]c1=O. The Morgan fingerprint density at radius 2 is 2.00 bits per heavy atom. The summed E-state index contributed by atoms with van der Waals surface area (Å²) in [7, 11) is -3.31. The van der Waals surface area contributed by atoms with Gasteiger partial charge >= 0.3 is 0 Å². The standard InChI is InChI=1S/C17H19NO4S/c1-11-7-13(9-18-17(11)19)15-8-14(23(2,20)21)5-6-16(15)22-10-12-3-4-12/h5-9,12H,3-4,10H2,1-2H3,(H,18,19). The second kappa shape index (κ2) is 5.85. The van der Waals surface area contributed by atoms with Crippen LogP contribution in [-0.4, -0.2) is 26.3 Å². The Morgan fingerprint density at radius 1 is 1.26 bits per heavy atom. The van der Waals surface area contributed by atoms with E-state index in [9.17, 15) is 13.2 Å². The number of aromatic nitrogens is 1. The van der Waals surface area contributed by atoms with E-state index in [1.807, 2.05) is 0 Å². The van der Waals surface area contributed by atoms with Crippen molar-refractivity contribution in [2.24, 2.45) is 5.92 Å². The fourth-order valence-electron chi connectivity index (χ4n) is 2.34. The molecule has 0 unspecified atom stereocenters. The first kappa shape index (κ1) is 15.8. The van der Waals surface area contributed by atoms with Crippen molar-refractivity contribution in [3.05, 3.63) is 46.4 Å². The fraction of sp³-hybridized carbons (Fsp3) is 0.353. The minimum absolute atomic E-state index is 0.159. The second-order valence-corrected chi connectivity index (χ2v) is 8.10. The van der Waals surface area contributed by atoms with Crippen molar-refractivity contribution in [2.45, 2.75) is 24.7 Å². The molecule has 5 nitrogen and oxygen atoms in total. The second-order valence-electron chi connectivity index (χ2n) is 6.09. The molecule has 0 amide bonds. The van der Waals surface area contributed by atoms with Crippen LogP contribution in [-0.2, 0) is 9.84 Å². The van der Waals surface area contributed by atoms with Gasteiger partial charge in [-0.15, -0.1) is 0 Å². The number of aromatic amines is 1. The lowest BCUT2D eigenvalue weighted by molar-refractivity contribution is 0.301. The molecule has 0 aliphatic heterocycles. The first-order valence-corrected chi connectivity index (χ1v) is 9.40. The number of pyridine rings is 1. The Bertz CT molecular complexity index is 895. The summed E-state index contributed by atoms with van der Waals surface area (Å²) in [5, 5.41) is 0. The van der Waals surface area contributed by atoms with Crippen LogP contribution in [0.3, 0.4) is 0 Å². The minimum atomic E-state index is -3.31. The molecule has 0 spiro atoms. The maximum Gasteiger partial charge on any atom is 0.250 e. The summed E-state index contributed by atoms with van der Waals surface area (Å²) >= 11 is 0. The number of ether oxygens (including phenoxy) is 1. The van der Waals surface area contributed by atoms with E-state index in [4.69, 9.17) is 4.74 Å². The first-order chi connectivity index (χ1) is 10.8. The van der Waals surface area contributed by atoms with E-state index >= 15 is 0 Å². The maximum atomic E-state index is 11.8. The van der Waals surface area contributed by atoms with E-state index in [1.165, 1.54) is 19.1 Å². The third-order valence-electron chi connectivity index (χ3n) is 3.95. The van der Waals surface area contributed by atoms with Crippen LogP contribution >= 0.6 is 0 Å². The minimum Gasteiger partial charge on any atom is -0.493 e. The van der Waals surface area contributed by atoms with Gasteiger partial charge in [-0.2, -0.15) is 0 Å². The van der Waals surface area contributed by atoms with Gasteiger partial charge in [0.2, 0.25) is 0 Å². The molecule has 0 bridgehead atoms. The Labute approximate surface area is 135 Å². The van der Waals surface area contributed by atoms with E-state index in [0.29, 0.717) is 29.4 Å². The molecular formula is C17H19NO4S. The molecular weight excluding hydrogens is 314 g/mol. The number of benzene rings is 1. The van der Waals surface area contributed by atoms with Gasteiger partial charge in [-0.05, 0) is 49.9 Å². The van der Waals surface area contributed by atoms with Crippen LogP contribution in [0.4, 0.5) is 0 Å². The van der Waals surface area contributed by atoms with Crippen molar-refractivity contribution in [2.75, 3.05) is 12.9 Å². The molecule has 1 aliphatic rings. The summed E-state index contributed by atoms with van der Waals surface area (Å²) in [6, 6.07) is 6.59. The van der Waals surface area contributed by atoms with Gasteiger partial charge in [-0.1, -0.05) is 0 Å². The highest BCUT2D eigenvalue weighted by atomic mass is 32.2. The van der Waals surface area contributed by atoms with E-state index in [0.717, 1.165) is 5.56 Å². The van der Waals surface area contributed by atoms with Crippen LogP contribution < -0.4 is 10.3 Å². The summed E-state index contributed by atoms with van der Waals surface area (Å²) in [6.07, 6.45) is 5.11. The van der Waals surface area contributed by atoms with Gasteiger partial charge in [0.05, 0.1) is 11.5 Å². The molecule has 122 valence electrons. The quantitative estimate of drug-likeness (QED) is 0.912. The molecule has 0 saturated heterocycles. The van der Waals surface area contributed by atoms with Crippen LogP contribution in [0.1, 0.15) is 18.4 Å². The molecule has 1 heterocycles. The smallest absolute Gasteiger partial charge is 0.250 e. The van der Waals surface area contributed by atoms with Crippen LogP contribution in [0.25, 0.3) is 11.1 Å². The molecule has 1 N–H and O–H groups in total. The molecule has 0 atom stereocenters. The molecule has 1 aromatic heterocycles. The van der Waals surface area contributed by atoms with Crippen molar-refractivity contribution in [1.29, 1.82) is 0 Å². The number of rotatable bonds is 5. The number of H-pyrrole nitrogens is 1. The Balaban J connectivity index is 2.08. The molecule has 1 aliphatic carbocycles. The van der Waals surface area contributed by atoms with Crippen LogP contribution in [0.2, 0.25) is 0 Å². The van der Waals surface area contributed by atoms with Crippen molar-refractivity contribution in [1.82, 2.24) is 4.98 Å². The zero-order chi connectivity index (χ0) is 16.6. The van der Waals surface area contributed by atoms with Gasteiger partial charge < -0.3 is 9.72 Å².